The normalized spacial score (nSPS) is 11.2. The Kier molecular flexibility index (Phi) is 5.56. The Morgan fingerprint density at radius 3 is 2.61 bits per heavy atom. The molecule has 1 heterocycles. The standard InChI is InChI=1S/C14H25N3O/c1-6-17-11(2)9-13(12(17)3)14(18)10-16(5)8-7-15-4/h9,15H,6-8,10H2,1-5H3. The van der Waals surface area contributed by atoms with Crippen LogP contribution in [0.15, 0.2) is 6.07 Å². The molecule has 0 bridgehead atoms. The predicted octanol–water partition coefficient (Wildman–Crippen LogP) is 1.46. The number of carbonyl (C=O) groups excluding carboxylic acids is 1. The Bertz CT molecular complexity index is 409. The van der Waals surface area contributed by atoms with Crippen LogP contribution in [-0.2, 0) is 6.54 Å². The van der Waals surface area contributed by atoms with Crippen molar-refractivity contribution in [3.63, 3.8) is 0 Å². The second-order valence-electron chi connectivity index (χ2n) is 4.79. The van der Waals surface area contributed by atoms with Gasteiger partial charge in [-0.2, -0.15) is 0 Å². The summed E-state index contributed by atoms with van der Waals surface area (Å²) < 4.78 is 2.18. The number of hydrogen-bond donors (Lipinski definition) is 1. The van der Waals surface area contributed by atoms with E-state index >= 15 is 0 Å². The van der Waals surface area contributed by atoms with Gasteiger partial charge in [-0.1, -0.05) is 0 Å². The molecule has 0 saturated carbocycles. The molecule has 1 aromatic rings. The molecule has 102 valence electrons. The third-order valence-corrected chi connectivity index (χ3v) is 3.35. The number of aromatic nitrogens is 1. The van der Waals surface area contributed by atoms with Crippen molar-refractivity contribution in [2.24, 2.45) is 0 Å². The first-order valence-corrected chi connectivity index (χ1v) is 6.54. The van der Waals surface area contributed by atoms with E-state index in [9.17, 15) is 4.79 Å². The van der Waals surface area contributed by atoms with Crippen molar-refractivity contribution >= 4 is 5.78 Å². The van der Waals surface area contributed by atoms with E-state index in [0.717, 1.165) is 36.6 Å². The first kappa shape index (κ1) is 14.9. The van der Waals surface area contributed by atoms with E-state index in [1.54, 1.807) is 0 Å². The van der Waals surface area contributed by atoms with Crippen LogP contribution >= 0.6 is 0 Å². The minimum atomic E-state index is 0.210. The van der Waals surface area contributed by atoms with Crippen molar-refractivity contribution < 1.29 is 4.79 Å². The van der Waals surface area contributed by atoms with E-state index in [4.69, 9.17) is 0 Å². The van der Waals surface area contributed by atoms with Gasteiger partial charge in [0.2, 0.25) is 0 Å². The number of Topliss-reactive ketones (excluding diaryl/α,β-unsaturated/α-hetero) is 1. The predicted molar refractivity (Wildman–Crippen MR) is 75.3 cm³/mol. The summed E-state index contributed by atoms with van der Waals surface area (Å²) in [5.41, 5.74) is 3.11. The van der Waals surface area contributed by atoms with Gasteiger partial charge in [0.25, 0.3) is 0 Å². The summed E-state index contributed by atoms with van der Waals surface area (Å²) in [5.74, 6) is 0.210. The maximum atomic E-state index is 12.2. The van der Waals surface area contributed by atoms with Gasteiger partial charge in [-0.15, -0.1) is 0 Å². The lowest BCUT2D eigenvalue weighted by molar-refractivity contribution is 0.0946. The second-order valence-corrected chi connectivity index (χ2v) is 4.79. The molecule has 0 aliphatic carbocycles. The molecule has 0 spiro atoms. The summed E-state index contributed by atoms with van der Waals surface area (Å²) in [4.78, 5) is 14.3. The fraction of sp³-hybridized carbons (Fsp3) is 0.643. The maximum Gasteiger partial charge on any atom is 0.178 e. The molecule has 1 aromatic heterocycles. The van der Waals surface area contributed by atoms with Crippen molar-refractivity contribution in [2.75, 3.05) is 33.7 Å². The van der Waals surface area contributed by atoms with Crippen LogP contribution < -0.4 is 5.32 Å². The summed E-state index contributed by atoms with van der Waals surface area (Å²) in [5, 5.41) is 3.09. The topological polar surface area (TPSA) is 37.3 Å². The number of rotatable bonds is 7. The van der Waals surface area contributed by atoms with Crippen LogP contribution in [0.3, 0.4) is 0 Å². The van der Waals surface area contributed by atoms with Crippen molar-refractivity contribution in [3.8, 4) is 0 Å². The van der Waals surface area contributed by atoms with E-state index in [-0.39, 0.29) is 5.78 Å². The van der Waals surface area contributed by atoms with Crippen LogP contribution in [0.2, 0.25) is 0 Å². The molecule has 0 fully saturated rings. The van der Waals surface area contributed by atoms with Gasteiger partial charge in [-0.3, -0.25) is 9.69 Å². The highest BCUT2D eigenvalue weighted by Gasteiger charge is 2.16. The summed E-state index contributed by atoms with van der Waals surface area (Å²) in [6.45, 7) is 9.37. The van der Waals surface area contributed by atoms with Gasteiger partial charge in [0.15, 0.2) is 5.78 Å². The van der Waals surface area contributed by atoms with Crippen LogP contribution in [-0.4, -0.2) is 49.0 Å². The van der Waals surface area contributed by atoms with E-state index in [1.165, 1.54) is 0 Å². The molecule has 0 aliphatic heterocycles. The highest BCUT2D eigenvalue weighted by atomic mass is 16.1. The van der Waals surface area contributed by atoms with E-state index in [0.29, 0.717) is 6.54 Å². The van der Waals surface area contributed by atoms with Gasteiger partial charge in [-0.25, -0.2) is 0 Å². The first-order valence-electron chi connectivity index (χ1n) is 6.54. The molecule has 0 aromatic carbocycles. The van der Waals surface area contributed by atoms with Gasteiger partial charge in [0.1, 0.15) is 0 Å². The van der Waals surface area contributed by atoms with Crippen LogP contribution in [0.5, 0.6) is 0 Å². The molecule has 1 N–H and O–H groups in total. The average molecular weight is 251 g/mol. The lowest BCUT2D eigenvalue weighted by Crippen LogP contribution is -2.32. The molecule has 0 radical (unpaired) electrons. The van der Waals surface area contributed by atoms with Gasteiger partial charge >= 0.3 is 0 Å². The van der Waals surface area contributed by atoms with E-state index in [2.05, 4.69) is 28.6 Å². The minimum absolute atomic E-state index is 0.210. The van der Waals surface area contributed by atoms with Gasteiger partial charge in [-0.05, 0) is 40.9 Å². The number of nitrogens with zero attached hydrogens (tertiary/aromatic N) is 2. The summed E-state index contributed by atoms with van der Waals surface area (Å²) in [7, 11) is 3.90. The van der Waals surface area contributed by atoms with Crippen LogP contribution in [0, 0.1) is 13.8 Å². The fourth-order valence-corrected chi connectivity index (χ4v) is 2.28. The molecular weight excluding hydrogens is 226 g/mol. The number of likely N-dealkylation sites (N-methyl/N-ethyl adjacent to an activating group) is 2. The third kappa shape index (κ3) is 3.43. The zero-order chi connectivity index (χ0) is 13.7. The third-order valence-electron chi connectivity index (χ3n) is 3.35. The zero-order valence-corrected chi connectivity index (χ0v) is 12.2. The lowest BCUT2D eigenvalue weighted by Gasteiger charge is -2.15. The molecular formula is C14H25N3O. The molecule has 4 heteroatoms. The Labute approximate surface area is 110 Å². The molecule has 0 aliphatic rings. The SMILES string of the molecule is CCn1c(C)cc(C(=O)CN(C)CCNC)c1C. The van der Waals surface area contributed by atoms with Gasteiger partial charge in [0.05, 0.1) is 6.54 Å². The Hall–Kier alpha value is -1.13. The van der Waals surface area contributed by atoms with Gasteiger partial charge in [0, 0.05) is 36.6 Å². The van der Waals surface area contributed by atoms with Crippen molar-refractivity contribution in [1.29, 1.82) is 0 Å². The highest BCUT2D eigenvalue weighted by molar-refractivity contribution is 5.99. The fourth-order valence-electron chi connectivity index (χ4n) is 2.28. The van der Waals surface area contributed by atoms with Gasteiger partial charge < -0.3 is 9.88 Å². The maximum absolute atomic E-state index is 12.2. The average Bonchev–Trinajstić information content (AvgIpc) is 2.61. The molecule has 1 rings (SSSR count). The monoisotopic (exact) mass is 251 g/mol. The summed E-state index contributed by atoms with van der Waals surface area (Å²) in [6, 6.07) is 2.01. The molecule has 0 amide bonds. The van der Waals surface area contributed by atoms with Crippen LogP contribution in [0.4, 0.5) is 0 Å². The lowest BCUT2D eigenvalue weighted by atomic mass is 10.1. The van der Waals surface area contributed by atoms with E-state index < -0.39 is 0 Å². The summed E-state index contributed by atoms with van der Waals surface area (Å²) >= 11 is 0. The molecule has 0 atom stereocenters. The Morgan fingerprint density at radius 1 is 1.44 bits per heavy atom. The quantitative estimate of drug-likeness (QED) is 0.746. The van der Waals surface area contributed by atoms with Crippen molar-refractivity contribution in [2.45, 2.75) is 27.3 Å². The van der Waals surface area contributed by atoms with Crippen LogP contribution in [0.1, 0.15) is 28.7 Å². The molecule has 0 saturated heterocycles. The van der Waals surface area contributed by atoms with Crippen molar-refractivity contribution in [1.82, 2.24) is 14.8 Å². The molecule has 0 unspecified atom stereocenters. The number of carbonyl (C=O) groups is 1. The largest absolute Gasteiger partial charge is 0.349 e. The number of hydrogen-bond acceptors (Lipinski definition) is 3. The molecule has 18 heavy (non-hydrogen) atoms. The van der Waals surface area contributed by atoms with Crippen LogP contribution in [0.25, 0.3) is 0 Å². The minimum Gasteiger partial charge on any atom is -0.349 e. The second kappa shape index (κ2) is 6.71. The molecule has 4 nitrogen and oxygen atoms in total. The van der Waals surface area contributed by atoms with E-state index in [1.807, 2.05) is 27.1 Å². The Morgan fingerprint density at radius 2 is 2.11 bits per heavy atom. The highest BCUT2D eigenvalue weighted by Crippen LogP contribution is 2.15. The number of ketones is 1. The summed E-state index contributed by atoms with van der Waals surface area (Å²) in [6.07, 6.45) is 0. The van der Waals surface area contributed by atoms with Crippen molar-refractivity contribution in [3.05, 3.63) is 23.0 Å². The first-order chi connectivity index (χ1) is 8.51. The smallest absolute Gasteiger partial charge is 0.178 e. The number of aryl methyl sites for hydroxylation is 1. The Balaban J connectivity index is 2.73. The number of nitrogens with one attached hydrogen (secondary N) is 1. The zero-order valence-electron chi connectivity index (χ0n) is 12.2.